The van der Waals surface area contributed by atoms with Crippen LogP contribution in [-0.2, 0) is 35.5 Å². The third-order valence-corrected chi connectivity index (χ3v) is 12.6. The molecular formula is C49H48F6N4O2S. The van der Waals surface area contributed by atoms with Gasteiger partial charge in [-0.3, -0.25) is 9.80 Å². The molecule has 2 heterocycles. The molecule has 0 aliphatic carbocycles. The lowest BCUT2D eigenvalue weighted by molar-refractivity contribution is -0.137. The van der Waals surface area contributed by atoms with E-state index in [2.05, 4.69) is 27.2 Å². The lowest BCUT2D eigenvalue weighted by atomic mass is 9.98. The highest BCUT2D eigenvalue weighted by molar-refractivity contribution is 7.88. The molecule has 62 heavy (non-hydrogen) atoms. The second-order valence-electron chi connectivity index (χ2n) is 15.7. The Balaban J connectivity index is 0.000000188. The van der Waals surface area contributed by atoms with Crippen LogP contribution < -0.4 is 5.32 Å². The number of hydrogen-bond acceptors (Lipinski definition) is 5. The number of piperazine rings is 2. The Hall–Kier alpha value is -5.31. The molecule has 0 saturated carbocycles. The number of hydrogen-bond donors (Lipinski definition) is 1. The topological polar surface area (TPSA) is 55.9 Å². The Morgan fingerprint density at radius 1 is 0.532 bits per heavy atom. The molecule has 0 amide bonds. The average molecular weight is 871 g/mol. The number of alkyl halides is 6. The minimum Gasteiger partial charge on any atom is -0.308 e. The maximum absolute atomic E-state index is 13.4. The van der Waals surface area contributed by atoms with E-state index in [0.717, 1.165) is 55.0 Å². The van der Waals surface area contributed by atoms with Crippen LogP contribution in [0.25, 0.3) is 22.3 Å². The lowest BCUT2D eigenvalue weighted by Crippen LogP contribution is -2.49. The molecule has 2 fully saturated rings. The third-order valence-electron chi connectivity index (χ3n) is 11.3. The highest BCUT2D eigenvalue weighted by Gasteiger charge is 2.35. The van der Waals surface area contributed by atoms with E-state index < -0.39 is 33.5 Å². The number of halogens is 6. The van der Waals surface area contributed by atoms with Crippen LogP contribution in [0.2, 0.25) is 0 Å². The van der Waals surface area contributed by atoms with Crippen molar-refractivity contribution < 1.29 is 34.8 Å². The van der Waals surface area contributed by atoms with Crippen LogP contribution in [0.5, 0.6) is 0 Å². The van der Waals surface area contributed by atoms with E-state index in [0.29, 0.717) is 43.3 Å². The van der Waals surface area contributed by atoms with Gasteiger partial charge in [0.15, 0.2) is 0 Å². The smallest absolute Gasteiger partial charge is 0.308 e. The molecule has 324 valence electrons. The van der Waals surface area contributed by atoms with Gasteiger partial charge in [0.05, 0.1) is 23.4 Å². The molecule has 2 saturated heterocycles. The van der Waals surface area contributed by atoms with Crippen molar-refractivity contribution in [3.8, 4) is 22.3 Å². The summed E-state index contributed by atoms with van der Waals surface area (Å²) in [6, 6.07) is 45.8. The summed E-state index contributed by atoms with van der Waals surface area (Å²) in [5, 5.41) is 3.55. The first-order valence-corrected chi connectivity index (χ1v) is 22.2. The minimum atomic E-state index is -4.42. The second kappa shape index (κ2) is 19.4. The molecule has 0 aromatic heterocycles. The Kier molecular flexibility index (Phi) is 14.0. The normalized spacial score (nSPS) is 18.2. The van der Waals surface area contributed by atoms with E-state index in [1.165, 1.54) is 40.4 Å². The first kappa shape index (κ1) is 44.7. The van der Waals surface area contributed by atoms with Gasteiger partial charge in [0.25, 0.3) is 0 Å². The van der Waals surface area contributed by atoms with E-state index in [1.807, 2.05) is 72.8 Å². The Morgan fingerprint density at radius 3 is 1.44 bits per heavy atom. The molecule has 6 nitrogen and oxygen atoms in total. The molecule has 8 rings (SSSR count). The molecule has 2 unspecified atom stereocenters. The zero-order chi connectivity index (χ0) is 43.9. The van der Waals surface area contributed by atoms with E-state index in [4.69, 9.17) is 0 Å². The lowest BCUT2D eigenvalue weighted by Gasteiger charge is -2.40. The van der Waals surface area contributed by atoms with E-state index >= 15 is 0 Å². The summed E-state index contributed by atoms with van der Waals surface area (Å²) < 4.78 is 106. The van der Waals surface area contributed by atoms with Gasteiger partial charge in [-0.15, -0.1) is 0 Å². The summed E-state index contributed by atoms with van der Waals surface area (Å²) in [5.41, 5.74) is 4.50. The van der Waals surface area contributed by atoms with Crippen molar-refractivity contribution in [2.24, 2.45) is 0 Å². The number of sulfonamides is 1. The molecule has 6 aromatic carbocycles. The van der Waals surface area contributed by atoms with Crippen LogP contribution in [0.15, 0.2) is 158 Å². The van der Waals surface area contributed by atoms with Gasteiger partial charge in [-0.2, -0.15) is 30.6 Å². The molecule has 0 radical (unpaired) electrons. The van der Waals surface area contributed by atoms with Crippen LogP contribution in [-0.4, -0.2) is 68.0 Å². The van der Waals surface area contributed by atoms with Crippen LogP contribution in [0.3, 0.4) is 0 Å². The van der Waals surface area contributed by atoms with Gasteiger partial charge in [0.2, 0.25) is 10.0 Å². The molecule has 0 bridgehead atoms. The SMILES string of the molecule is CS(=O)(=O)N1CCN(Cc2ccc(-c3ccccc3C(F)(F)F)cc2)CC1c1ccccc1.FC(F)(F)c1ccccc1-c1ccc(CN2CCNC(c3ccccc3)C2)cc1. The Morgan fingerprint density at radius 2 is 0.968 bits per heavy atom. The highest BCUT2D eigenvalue weighted by Crippen LogP contribution is 2.38. The molecule has 6 aromatic rings. The molecule has 2 atom stereocenters. The molecule has 2 aliphatic rings. The van der Waals surface area contributed by atoms with Crippen LogP contribution >= 0.6 is 0 Å². The second-order valence-corrected chi connectivity index (χ2v) is 17.6. The summed E-state index contributed by atoms with van der Waals surface area (Å²) in [5.74, 6) is 0. The zero-order valence-electron chi connectivity index (χ0n) is 34.2. The van der Waals surface area contributed by atoms with Gasteiger partial charge in [-0.05, 0) is 56.6 Å². The number of rotatable bonds is 9. The number of benzene rings is 6. The van der Waals surface area contributed by atoms with Crippen molar-refractivity contribution in [2.75, 3.05) is 45.5 Å². The number of nitrogens with zero attached hydrogens (tertiary/aromatic N) is 3. The maximum Gasteiger partial charge on any atom is 0.417 e. The largest absolute Gasteiger partial charge is 0.417 e. The first-order valence-electron chi connectivity index (χ1n) is 20.4. The zero-order valence-corrected chi connectivity index (χ0v) is 35.0. The van der Waals surface area contributed by atoms with Crippen LogP contribution in [0.1, 0.15) is 45.5 Å². The summed E-state index contributed by atoms with van der Waals surface area (Å²) in [7, 11) is -3.36. The Labute approximate surface area is 359 Å². The van der Waals surface area contributed by atoms with Crippen molar-refractivity contribution in [2.45, 2.75) is 37.5 Å². The Bertz CT molecular complexity index is 2480. The van der Waals surface area contributed by atoms with E-state index in [9.17, 15) is 34.8 Å². The standard InChI is InChI=1S/C25H25F3N2O2S.C24H23F3N2/c1-33(31,32)30-16-15-29(18-24(30)21-7-3-2-4-8-21)17-19-11-13-20(14-12-19)22-9-5-6-10-23(22)25(26,27)28;25-24(26,27)22-9-5-4-8-21(22)19-12-10-18(11-13-19)16-29-15-14-28-23(17-29)20-6-2-1-3-7-20/h2-14,24H,15-18H2,1H3;1-13,23,28H,14-17H2. The fourth-order valence-corrected chi connectivity index (χ4v) is 9.30. The quantitative estimate of drug-likeness (QED) is 0.147. The summed E-state index contributed by atoms with van der Waals surface area (Å²) in [6.07, 6.45) is -7.54. The van der Waals surface area contributed by atoms with Crippen molar-refractivity contribution >= 4 is 10.0 Å². The summed E-state index contributed by atoms with van der Waals surface area (Å²) >= 11 is 0. The van der Waals surface area contributed by atoms with Gasteiger partial charge in [0, 0.05) is 58.4 Å². The van der Waals surface area contributed by atoms with Gasteiger partial charge in [0.1, 0.15) is 0 Å². The van der Waals surface area contributed by atoms with Crippen molar-refractivity contribution in [1.82, 2.24) is 19.4 Å². The predicted molar refractivity (Wildman–Crippen MR) is 232 cm³/mol. The average Bonchev–Trinajstić information content (AvgIpc) is 3.27. The monoisotopic (exact) mass is 870 g/mol. The van der Waals surface area contributed by atoms with Crippen molar-refractivity contribution in [1.29, 1.82) is 0 Å². The molecule has 2 aliphatic heterocycles. The molecule has 0 spiro atoms. The van der Waals surface area contributed by atoms with Gasteiger partial charge in [-0.1, -0.05) is 146 Å². The fraction of sp³-hybridized carbons (Fsp3) is 0.265. The van der Waals surface area contributed by atoms with Gasteiger partial charge >= 0.3 is 12.4 Å². The highest BCUT2D eigenvalue weighted by atomic mass is 32.2. The summed E-state index contributed by atoms with van der Waals surface area (Å²) in [4.78, 5) is 4.56. The van der Waals surface area contributed by atoms with Crippen molar-refractivity contribution in [3.05, 3.63) is 191 Å². The first-order chi connectivity index (χ1) is 29.6. The number of nitrogens with one attached hydrogen (secondary N) is 1. The predicted octanol–water partition coefficient (Wildman–Crippen LogP) is 10.7. The maximum atomic E-state index is 13.4. The third kappa shape index (κ3) is 11.4. The fourth-order valence-electron chi connectivity index (χ4n) is 8.23. The minimum absolute atomic E-state index is 0.155. The van der Waals surface area contributed by atoms with E-state index in [-0.39, 0.29) is 17.2 Å². The van der Waals surface area contributed by atoms with Crippen LogP contribution in [0.4, 0.5) is 26.3 Å². The molecule has 1 N–H and O–H groups in total. The van der Waals surface area contributed by atoms with Crippen molar-refractivity contribution in [3.63, 3.8) is 0 Å². The summed E-state index contributed by atoms with van der Waals surface area (Å²) in [6.45, 7) is 5.63. The molecule has 13 heteroatoms. The van der Waals surface area contributed by atoms with E-state index in [1.54, 1.807) is 36.4 Å². The van der Waals surface area contributed by atoms with Gasteiger partial charge < -0.3 is 5.32 Å². The van der Waals surface area contributed by atoms with Crippen LogP contribution in [0, 0.1) is 0 Å². The van der Waals surface area contributed by atoms with Gasteiger partial charge in [-0.25, -0.2) is 8.42 Å². The molecular weight excluding hydrogens is 823 g/mol.